The number of nitrogens with one attached hydrogen (secondary N) is 1. The van der Waals surface area contributed by atoms with E-state index in [9.17, 15) is 4.79 Å². The third kappa shape index (κ3) is 3.49. The molecule has 8 nitrogen and oxygen atoms in total. The van der Waals surface area contributed by atoms with E-state index in [1.165, 1.54) is 5.56 Å². The van der Waals surface area contributed by atoms with Crippen LogP contribution in [-0.4, -0.2) is 38.0 Å². The summed E-state index contributed by atoms with van der Waals surface area (Å²) in [6.45, 7) is 3.96. The van der Waals surface area contributed by atoms with Crippen LogP contribution in [-0.2, 0) is 4.79 Å². The van der Waals surface area contributed by atoms with Crippen molar-refractivity contribution in [1.29, 1.82) is 0 Å². The van der Waals surface area contributed by atoms with Crippen LogP contribution in [0.1, 0.15) is 34.7 Å². The van der Waals surface area contributed by atoms with E-state index in [0.29, 0.717) is 23.9 Å². The predicted octanol–water partition coefficient (Wildman–Crippen LogP) is 3.82. The van der Waals surface area contributed by atoms with Crippen molar-refractivity contribution in [3.8, 4) is 23.0 Å². The first-order valence-corrected chi connectivity index (χ1v) is 10.3. The molecule has 160 valence electrons. The molecule has 0 spiro atoms. The number of aromatic nitrogens is 5. The zero-order chi connectivity index (χ0) is 22.2. The molecule has 2 aromatic heterocycles. The Labute approximate surface area is 185 Å². The molecule has 2 aromatic carbocycles. The number of carbonyl (C=O) groups is 1. The third-order valence-electron chi connectivity index (χ3n) is 5.68. The Balaban J connectivity index is 1.60. The van der Waals surface area contributed by atoms with E-state index in [2.05, 4.69) is 25.6 Å². The number of carbonyl (C=O) groups excluding carboxylic acids is 1. The summed E-state index contributed by atoms with van der Waals surface area (Å²) in [5.74, 6) is 1.40. The van der Waals surface area contributed by atoms with Crippen molar-refractivity contribution in [2.24, 2.45) is 0 Å². The number of fused-ring (bicyclic) bond motifs is 1. The van der Waals surface area contributed by atoms with Crippen LogP contribution in [0.3, 0.4) is 0 Å². The Hall–Kier alpha value is -4.07. The lowest BCUT2D eigenvalue weighted by Gasteiger charge is -2.24. The number of aryl methyl sites for hydroxylation is 2. The van der Waals surface area contributed by atoms with Gasteiger partial charge in [0.25, 0.3) is 5.95 Å². The van der Waals surface area contributed by atoms with Crippen molar-refractivity contribution in [3.63, 3.8) is 0 Å². The summed E-state index contributed by atoms with van der Waals surface area (Å²) in [6.07, 6.45) is 1.95. The van der Waals surface area contributed by atoms with Crippen LogP contribution >= 0.6 is 0 Å². The molecule has 0 fully saturated rings. The molecular weight excluding hydrogens is 404 g/mol. The summed E-state index contributed by atoms with van der Waals surface area (Å²) in [5, 5.41) is 16.0. The number of benzene rings is 2. The van der Waals surface area contributed by atoms with Crippen molar-refractivity contribution in [2.75, 3.05) is 12.4 Å². The average Bonchev–Trinajstić information content (AvgIpc) is 3.15. The molecule has 0 saturated carbocycles. The summed E-state index contributed by atoms with van der Waals surface area (Å²) in [5.41, 5.74) is 5.53. The molecule has 1 aliphatic heterocycles. The maximum absolute atomic E-state index is 12.6. The highest BCUT2D eigenvalue weighted by molar-refractivity contribution is 5.95. The van der Waals surface area contributed by atoms with Gasteiger partial charge in [0.1, 0.15) is 11.6 Å². The van der Waals surface area contributed by atoms with Crippen LogP contribution < -0.4 is 10.1 Å². The van der Waals surface area contributed by atoms with Gasteiger partial charge in [-0.05, 0) is 31.5 Å². The average molecular weight is 426 g/mol. The molecule has 1 aliphatic rings. The number of hydrogen-bond acceptors (Lipinski definition) is 6. The van der Waals surface area contributed by atoms with Gasteiger partial charge in [-0.15, -0.1) is 5.10 Å². The van der Waals surface area contributed by atoms with Gasteiger partial charge in [0.15, 0.2) is 0 Å². The van der Waals surface area contributed by atoms with Crippen LogP contribution in [0.15, 0.2) is 54.7 Å². The molecule has 1 atom stereocenters. The number of nitrogens with zero attached hydrogens (tertiary/aromatic N) is 5. The smallest absolute Gasteiger partial charge is 0.272 e. The first-order chi connectivity index (χ1) is 15.5. The van der Waals surface area contributed by atoms with E-state index in [4.69, 9.17) is 4.74 Å². The van der Waals surface area contributed by atoms with Gasteiger partial charge in [0.2, 0.25) is 5.91 Å². The zero-order valence-electron chi connectivity index (χ0n) is 18.0. The van der Waals surface area contributed by atoms with Crippen LogP contribution in [0.2, 0.25) is 0 Å². The minimum Gasteiger partial charge on any atom is -0.497 e. The number of anilines is 1. The minimum absolute atomic E-state index is 0.0888. The van der Waals surface area contributed by atoms with E-state index in [1.54, 1.807) is 18.0 Å². The van der Waals surface area contributed by atoms with E-state index in [0.717, 1.165) is 28.1 Å². The Kier molecular flexibility index (Phi) is 4.89. The summed E-state index contributed by atoms with van der Waals surface area (Å²) in [6, 6.07) is 15.8. The second kappa shape index (κ2) is 7.88. The fraction of sp³-hybridized carbons (Fsp3) is 0.208. The maximum Gasteiger partial charge on any atom is 0.272 e. The third-order valence-corrected chi connectivity index (χ3v) is 5.68. The van der Waals surface area contributed by atoms with Crippen LogP contribution in [0, 0.1) is 13.8 Å². The molecule has 32 heavy (non-hydrogen) atoms. The molecular formula is C24H22N6O2. The summed E-state index contributed by atoms with van der Waals surface area (Å²) < 4.78 is 6.95. The van der Waals surface area contributed by atoms with E-state index in [1.807, 2.05) is 62.4 Å². The van der Waals surface area contributed by atoms with Gasteiger partial charge < -0.3 is 10.1 Å². The highest BCUT2D eigenvalue weighted by Gasteiger charge is 2.33. The van der Waals surface area contributed by atoms with Gasteiger partial charge in [-0.2, -0.15) is 14.9 Å². The van der Waals surface area contributed by atoms with E-state index in [-0.39, 0.29) is 11.8 Å². The first-order valence-electron chi connectivity index (χ1n) is 10.3. The molecule has 0 saturated heterocycles. The standard InChI is InChI=1S/C24H22N6O2/c1-14-7-9-16(10-8-14)20-13-25-28-24(26-20)30-23-22(15(2)29-30)19(12-21(31)27-23)17-5-4-6-18(11-17)32-3/h4-11,13,19H,12H2,1-3H3,(H,27,31). The molecule has 1 N–H and O–H groups in total. The van der Waals surface area contributed by atoms with Crippen LogP contribution in [0.4, 0.5) is 5.82 Å². The largest absolute Gasteiger partial charge is 0.497 e. The van der Waals surface area contributed by atoms with Crippen molar-refractivity contribution < 1.29 is 9.53 Å². The Bertz CT molecular complexity index is 1310. The Morgan fingerprint density at radius 1 is 1.12 bits per heavy atom. The Morgan fingerprint density at radius 3 is 2.72 bits per heavy atom. The topological polar surface area (TPSA) is 94.8 Å². The fourth-order valence-corrected chi connectivity index (χ4v) is 4.08. The summed E-state index contributed by atoms with van der Waals surface area (Å²) >= 11 is 0. The van der Waals surface area contributed by atoms with Gasteiger partial charge in [0, 0.05) is 23.5 Å². The van der Waals surface area contributed by atoms with Crippen molar-refractivity contribution in [2.45, 2.75) is 26.2 Å². The monoisotopic (exact) mass is 426 g/mol. The molecule has 1 amide bonds. The molecule has 3 heterocycles. The molecule has 0 aliphatic carbocycles. The summed E-state index contributed by atoms with van der Waals surface area (Å²) in [4.78, 5) is 17.3. The highest BCUT2D eigenvalue weighted by atomic mass is 16.5. The molecule has 0 bridgehead atoms. The summed E-state index contributed by atoms with van der Waals surface area (Å²) in [7, 11) is 1.63. The lowest BCUT2D eigenvalue weighted by molar-refractivity contribution is -0.116. The second-order valence-electron chi connectivity index (χ2n) is 7.85. The molecule has 5 rings (SSSR count). The lowest BCUT2D eigenvalue weighted by Crippen LogP contribution is -2.25. The first kappa shape index (κ1) is 19.9. The minimum atomic E-state index is -0.143. The lowest BCUT2D eigenvalue weighted by atomic mass is 9.86. The van der Waals surface area contributed by atoms with Crippen LogP contribution in [0.25, 0.3) is 17.2 Å². The number of hydrogen-bond donors (Lipinski definition) is 1. The SMILES string of the molecule is COc1cccc(C2CC(=O)Nc3c2c(C)nn3-c2nncc(-c3ccc(C)cc3)n2)c1. The van der Waals surface area contributed by atoms with E-state index >= 15 is 0 Å². The normalized spacial score (nSPS) is 15.2. The maximum atomic E-state index is 12.6. The van der Waals surface area contributed by atoms with Gasteiger partial charge in [-0.3, -0.25) is 4.79 Å². The number of rotatable bonds is 4. The van der Waals surface area contributed by atoms with Gasteiger partial charge in [0.05, 0.1) is 24.7 Å². The van der Waals surface area contributed by atoms with Gasteiger partial charge in [-0.1, -0.05) is 42.0 Å². The second-order valence-corrected chi connectivity index (χ2v) is 7.85. The zero-order valence-corrected chi connectivity index (χ0v) is 18.0. The van der Waals surface area contributed by atoms with Crippen LogP contribution in [0.5, 0.6) is 5.75 Å². The molecule has 0 radical (unpaired) electrons. The highest BCUT2D eigenvalue weighted by Crippen LogP contribution is 2.40. The predicted molar refractivity (Wildman–Crippen MR) is 120 cm³/mol. The molecule has 4 aromatic rings. The quantitative estimate of drug-likeness (QED) is 0.533. The molecule has 8 heteroatoms. The number of ether oxygens (including phenoxy) is 1. The van der Waals surface area contributed by atoms with Crippen molar-refractivity contribution in [3.05, 3.63) is 77.1 Å². The number of amides is 1. The fourth-order valence-electron chi connectivity index (χ4n) is 4.08. The van der Waals surface area contributed by atoms with Gasteiger partial charge >= 0.3 is 0 Å². The number of methoxy groups -OCH3 is 1. The van der Waals surface area contributed by atoms with E-state index < -0.39 is 0 Å². The molecule has 1 unspecified atom stereocenters. The Morgan fingerprint density at radius 2 is 1.94 bits per heavy atom. The van der Waals surface area contributed by atoms with Crippen molar-refractivity contribution >= 4 is 11.7 Å². The van der Waals surface area contributed by atoms with Gasteiger partial charge in [-0.25, -0.2) is 4.98 Å². The van der Waals surface area contributed by atoms with Crippen molar-refractivity contribution in [1.82, 2.24) is 25.0 Å².